The minimum atomic E-state index is 0.222. The van der Waals surface area contributed by atoms with E-state index in [2.05, 4.69) is 9.88 Å². The summed E-state index contributed by atoms with van der Waals surface area (Å²) in [6.45, 7) is 3.34. The molecule has 0 atom stereocenters. The Morgan fingerprint density at radius 1 is 1.50 bits per heavy atom. The van der Waals surface area contributed by atoms with E-state index in [1.807, 2.05) is 12.4 Å². The van der Waals surface area contributed by atoms with Crippen LogP contribution in [0.1, 0.15) is 17.1 Å². The molecule has 0 saturated carbocycles. The monoisotopic (exact) mass is 287 g/mol. The van der Waals surface area contributed by atoms with Crippen LogP contribution in [0.4, 0.5) is 0 Å². The number of hydrogen-bond acceptors (Lipinski definition) is 4. The third-order valence-electron chi connectivity index (χ3n) is 3.14. The maximum absolute atomic E-state index is 11.5. The van der Waals surface area contributed by atoms with Crippen molar-refractivity contribution < 1.29 is 4.79 Å². The number of amides is 1. The van der Waals surface area contributed by atoms with Gasteiger partial charge in [-0.05, 0) is 13.0 Å². The standard InChI is InChI=1S/C12H18ClN3OS/c1-15-5-6-16(8-12(15)17)4-2-3-11-14-10(7-13)9-18-11/h9H,2-8H2,1H3. The molecule has 0 spiro atoms. The Hall–Kier alpha value is -0.650. The molecule has 1 amide bonds. The Balaban J connectivity index is 1.70. The first-order valence-corrected chi connectivity index (χ1v) is 7.56. The summed E-state index contributed by atoms with van der Waals surface area (Å²) < 4.78 is 0. The molecule has 0 aliphatic carbocycles. The lowest BCUT2D eigenvalue weighted by molar-refractivity contribution is -0.134. The number of likely N-dealkylation sites (N-methyl/N-ethyl adjacent to an activating group) is 1. The molecule has 4 nitrogen and oxygen atoms in total. The van der Waals surface area contributed by atoms with E-state index >= 15 is 0 Å². The van der Waals surface area contributed by atoms with E-state index in [0.717, 1.165) is 43.2 Å². The normalized spacial score (nSPS) is 17.4. The Morgan fingerprint density at radius 2 is 2.33 bits per heavy atom. The van der Waals surface area contributed by atoms with Gasteiger partial charge in [-0.25, -0.2) is 4.98 Å². The van der Waals surface area contributed by atoms with Gasteiger partial charge in [0.1, 0.15) is 0 Å². The molecule has 2 heterocycles. The van der Waals surface area contributed by atoms with Gasteiger partial charge in [-0.2, -0.15) is 0 Å². The average molecular weight is 288 g/mol. The summed E-state index contributed by atoms with van der Waals surface area (Å²) >= 11 is 7.39. The Morgan fingerprint density at radius 3 is 3.00 bits per heavy atom. The van der Waals surface area contributed by atoms with Gasteiger partial charge in [-0.1, -0.05) is 0 Å². The third-order valence-corrected chi connectivity index (χ3v) is 4.37. The number of carbonyl (C=O) groups excluding carboxylic acids is 1. The molecule has 1 fully saturated rings. The minimum absolute atomic E-state index is 0.222. The number of nitrogens with zero attached hydrogens (tertiary/aromatic N) is 3. The highest BCUT2D eigenvalue weighted by Crippen LogP contribution is 2.13. The highest BCUT2D eigenvalue weighted by Gasteiger charge is 2.20. The first-order valence-electron chi connectivity index (χ1n) is 6.14. The fraction of sp³-hybridized carbons (Fsp3) is 0.667. The van der Waals surface area contributed by atoms with E-state index in [-0.39, 0.29) is 5.91 Å². The average Bonchev–Trinajstić information content (AvgIpc) is 2.82. The van der Waals surface area contributed by atoms with Crippen LogP contribution in [0.25, 0.3) is 0 Å². The molecular formula is C12H18ClN3OS. The van der Waals surface area contributed by atoms with Crippen LogP contribution in [0, 0.1) is 0 Å². The lowest BCUT2D eigenvalue weighted by atomic mass is 10.2. The van der Waals surface area contributed by atoms with Crippen molar-refractivity contribution in [2.75, 3.05) is 33.2 Å². The van der Waals surface area contributed by atoms with Crippen LogP contribution in [-0.2, 0) is 17.1 Å². The summed E-state index contributed by atoms with van der Waals surface area (Å²) in [4.78, 5) is 20.0. The Bertz CT molecular complexity index is 410. The summed E-state index contributed by atoms with van der Waals surface area (Å²) in [6, 6.07) is 0. The zero-order chi connectivity index (χ0) is 13.0. The largest absolute Gasteiger partial charge is 0.343 e. The number of piperazine rings is 1. The van der Waals surface area contributed by atoms with Gasteiger partial charge in [0.05, 0.1) is 23.1 Å². The van der Waals surface area contributed by atoms with Crippen molar-refractivity contribution in [2.45, 2.75) is 18.7 Å². The van der Waals surface area contributed by atoms with Gasteiger partial charge >= 0.3 is 0 Å². The van der Waals surface area contributed by atoms with Crippen molar-refractivity contribution in [2.24, 2.45) is 0 Å². The van der Waals surface area contributed by atoms with Gasteiger partial charge in [-0.15, -0.1) is 22.9 Å². The lowest BCUT2D eigenvalue weighted by Crippen LogP contribution is -2.48. The number of thiazole rings is 1. The zero-order valence-electron chi connectivity index (χ0n) is 10.6. The van der Waals surface area contributed by atoms with Gasteiger partial charge in [0, 0.05) is 31.9 Å². The van der Waals surface area contributed by atoms with E-state index < -0.39 is 0 Å². The maximum Gasteiger partial charge on any atom is 0.236 e. The van der Waals surface area contributed by atoms with Crippen LogP contribution in [-0.4, -0.2) is 53.9 Å². The summed E-state index contributed by atoms with van der Waals surface area (Å²) in [5.74, 6) is 0.712. The van der Waals surface area contributed by atoms with E-state index in [0.29, 0.717) is 12.4 Å². The summed E-state index contributed by atoms with van der Waals surface area (Å²) in [6.07, 6.45) is 2.02. The smallest absolute Gasteiger partial charge is 0.236 e. The molecule has 1 aromatic heterocycles. The zero-order valence-corrected chi connectivity index (χ0v) is 12.1. The number of carbonyl (C=O) groups is 1. The van der Waals surface area contributed by atoms with Gasteiger partial charge in [0.25, 0.3) is 0 Å². The van der Waals surface area contributed by atoms with Crippen molar-refractivity contribution in [1.82, 2.24) is 14.8 Å². The lowest BCUT2D eigenvalue weighted by Gasteiger charge is -2.31. The second kappa shape index (κ2) is 6.50. The highest BCUT2D eigenvalue weighted by atomic mass is 35.5. The number of rotatable bonds is 5. The third kappa shape index (κ3) is 3.67. The first-order chi connectivity index (χ1) is 8.69. The second-order valence-corrected chi connectivity index (χ2v) is 5.77. The fourth-order valence-electron chi connectivity index (χ4n) is 1.98. The van der Waals surface area contributed by atoms with Gasteiger partial charge < -0.3 is 4.90 Å². The number of hydrogen-bond donors (Lipinski definition) is 0. The number of aryl methyl sites for hydroxylation is 1. The van der Waals surface area contributed by atoms with Crippen LogP contribution in [0.3, 0.4) is 0 Å². The van der Waals surface area contributed by atoms with Crippen LogP contribution in [0.15, 0.2) is 5.38 Å². The quantitative estimate of drug-likeness (QED) is 0.772. The molecule has 18 heavy (non-hydrogen) atoms. The van der Waals surface area contributed by atoms with E-state index in [1.165, 1.54) is 0 Å². The fourth-order valence-corrected chi connectivity index (χ4v) is 3.05. The van der Waals surface area contributed by atoms with Gasteiger partial charge in [-0.3, -0.25) is 9.69 Å². The van der Waals surface area contributed by atoms with Crippen LogP contribution < -0.4 is 0 Å². The van der Waals surface area contributed by atoms with Crippen molar-refractivity contribution >= 4 is 28.8 Å². The predicted molar refractivity (Wildman–Crippen MR) is 74.1 cm³/mol. The van der Waals surface area contributed by atoms with Crippen molar-refractivity contribution in [3.8, 4) is 0 Å². The summed E-state index contributed by atoms with van der Waals surface area (Å²) in [5.41, 5.74) is 0.964. The number of aromatic nitrogens is 1. The molecule has 6 heteroatoms. The SMILES string of the molecule is CN1CCN(CCCc2nc(CCl)cs2)CC1=O. The molecule has 0 unspecified atom stereocenters. The van der Waals surface area contributed by atoms with Crippen molar-refractivity contribution in [1.29, 1.82) is 0 Å². The van der Waals surface area contributed by atoms with Crippen LogP contribution >= 0.6 is 22.9 Å². The molecule has 1 aromatic rings. The molecule has 0 bridgehead atoms. The molecule has 1 aliphatic rings. The van der Waals surface area contributed by atoms with E-state index in [1.54, 1.807) is 16.2 Å². The first kappa shape index (κ1) is 13.8. The molecule has 2 rings (SSSR count). The highest BCUT2D eigenvalue weighted by molar-refractivity contribution is 7.09. The topological polar surface area (TPSA) is 36.4 Å². The van der Waals surface area contributed by atoms with E-state index in [4.69, 9.17) is 11.6 Å². The summed E-state index contributed by atoms with van der Waals surface area (Å²) in [7, 11) is 1.86. The number of halogens is 1. The van der Waals surface area contributed by atoms with Crippen molar-refractivity contribution in [3.63, 3.8) is 0 Å². The molecule has 0 radical (unpaired) electrons. The minimum Gasteiger partial charge on any atom is -0.343 e. The van der Waals surface area contributed by atoms with Gasteiger partial charge in [0.15, 0.2) is 0 Å². The molecular weight excluding hydrogens is 270 g/mol. The van der Waals surface area contributed by atoms with Gasteiger partial charge in [0.2, 0.25) is 5.91 Å². The van der Waals surface area contributed by atoms with Crippen molar-refractivity contribution in [3.05, 3.63) is 16.1 Å². The molecule has 0 aromatic carbocycles. The summed E-state index contributed by atoms with van der Waals surface area (Å²) in [5, 5.41) is 3.16. The molecule has 1 saturated heterocycles. The van der Waals surface area contributed by atoms with E-state index in [9.17, 15) is 4.79 Å². The second-order valence-electron chi connectivity index (χ2n) is 4.56. The van der Waals surface area contributed by atoms with Crippen LogP contribution in [0.2, 0.25) is 0 Å². The predicted octanol–water partition coefficient (Wildman–Crippen LogP) is 1.59. The Kier molecular flexibility index (Phi) is 4.97. The molecule has 100 valence electrons. The maximum atomic E-state index is 11.5. The molecule has 1 aliphatic heterocycles. The number of alkyl halides is 1. The molecule has 0 N–H and O–H groups in total. The Labute approximate surface area is 117 Å². The van der Waals surface area contributed by atoms with Crippen LogP contribution in [0.5, 0.6) is 0 Å².